The summed E-state index contributed by atoms with van der Waals surface area (Å²) in [6, 6.07) is 0. The average molecular weight is 168 g/mol. The first-order valence-corrected chi connectivity index (χ1v) is 4.16. The Hall–Kier alpha value is -0.830. The van der Waals surface area contributed by atoms with E-state index in [9.17, 15) is 5.11 Å². The average Bonchev–Trinajstić information content (AvgIpc) is 2.35. The van der Waals surface area contributed by atoms with Gasteiger partial charge in [-0.25, -0.2) is 4.98 Å². The molecule has 0 saturated heterocycles. The largest absolute Gasteiger partial charge is 0.382 e. The van der Waals surface area contributed by atoms with Crippen LogP contribution in [0.5, 0.6) is 0 Å². The molecule has 3 nitrogen and oxygen atoms in total. The van der Waals surface area contributed by atoms with E-state index < -0.39 is 5.60 Å². The number of aliphatic hydroxyl groups is 1. The molecule has 1 N–H and O–H groups in total. The van der Waals surface area contributed by atoms with Crippen molar-refractivity contribution in [1.82, 2.24) is 9.55 Å². The van der Waals surface area contributed by atoms with Crippen LogP contribution in [0.3, 0.4) is 0 Å². The third kappa shape index (κ3) is 1.37. The monoisotopic (exact) mass is 168 g/mol. The van der Waals surface area contributed by atoms with Gasteiger partial charge in [0, 0.05) is 19.4 Å². The second-order valence-electron chi connectivity index (χ2n) is 3.66. The van der Waals surface area contributed by atoms with Crippen molar-refractivity contribution in [2.45, 2.75) is 26.4 Å². The molecule has 1 aromatic rings. The summed E-state index contributed by atoms with van der Waals surface area (Å²) in [5.74, 6) is 0.885. The molecule has 68 valence electrons. The fraction of sp³-hybridized carbons (Fsp3) is 0.667. The second-order valence-corrected chi connectivity index (χ2v) is 3.66. The zero-order valence-electron chi connectivity index (χ0n) is 8.07. The van der Waals surface area contributed by atoms with E-state index in [0.29, 0.717) is 0 Å². The maximum absolute atomic E-state index is 10.0. The summed E-state index contributed by atoms with van der Waals surface area (Å²) in [5.41, 5.74) is -0.835. The van der Waals surface area contributed by atoms with E-state index in [1.165, 1.54) is 0 Å². The molecule has 1 aromatic heterocycles. The minimum Gasteiger partial charge on any atom is -0.382 e. The van der Waals surface area contributed by atoms with Crippen molar-refractivity contribution in [1.29, 1.82) is 0 Å². The Morgan fingerprint density at radius 3 is 2.50 bits per heavy atom. The summed E-state index contributed by atoms with van der Waals surface area (Å²) in [6.45, 7) is 5.75. The van der Waals surface area contributed by atoms with Gasteiger partial charge in [-0.3, -0.25) is 0 Å². The molecule has 0 aromatic carbocycles. The standard InChI is InChI=1S/C9H16N2O/c1-7(2)9(3,12)8-10-5-6-11(8)4/h5-7,12H,1-4H3. The summed E-state index contributed by atoms with van der Waals surface area (Å²) in [5, 5.41) is 10.0. The molecule has 0 spiro atoms. The lowest BCUT2D eigenvalue weighted by Crippen LogP contribution is -2.31. The predicted octanol–water partition coefficient (Wildman–Crippen LogP) is 1.28. The summed E-state index contributed by atoms with van der Waals surface area (Å²) in [4.78, 5) is 4.12. The topological polar surface area (TPSA) is 38.1 Å². The molecule has 0 aliphatic heterocycles. The Morgan fingerprint density at radius 2 is 2.17 bits per heavy atom. The number of hydrogen-bond acceptors (Lipinski definition) is 2. The van der Waals surface area contributed by atoms with Crippen LogP contribution in [0.2, 0.25) is 0 Å². The zero-order valence-corrected chi connectivity index (χ0v) is 8.07. The third-order valence-electron chi connectivity index (χ3n) is 2.40. The van der Waals surface area contributed by atoms with Crippen molar-refractivity contribution >= 4 is 0 Å². The molecule has 12 heavy (non-hydrogen) atoms. The van der Waals surface area contributed by atoms with Gasteiger partial charge in [-0.1, -0.05) is 13.8 Å². The zero-order chi connectivity index (χ0) is 9.35. The van der Waals surface area contributed by atoms with Crippen molar-refractivity contribution in [2.24, 2.45) is 13.0 Å². The summed E-state index contributed by atoms with van der Waals surface area (Å²) in [6.07, 6.45) is 3.54. The highest BCUT2D eigenvalue weighted by Gasteiger charge is 2.30. The molecule has 0 saturated carbocycles. The van der Waals surface area contributed by atoms with Gasteiger partial charge in [0.2, 0.25) is 0 Å². The van der Waals surface area contributed by atoms with E-state index in [1.54, 1.807) is 13.1 Å². The number of hydrogen-bond donors (Lipinski definition) is 1. The van der Waals surface area contributed by atoms with Gasteiger partial charge in [-0.15, -0.1) is 0 Å². The number of aryl methyl sites for hydroxylation is 1. The highest BCUT2D eigenvalue weighted by atomic mass is 16.3. The molecule has 3 heteroatoms. The number of aromatic nitrogens is 2. The lowest BCUT2D eigenvalue weighted by atomic mass is 9.92. The van der Waals surface area contributed by atoms with E-state index in [4.69, 9.17) is 0 Å². The van der Waals surface area contributed by atoms with Gasteiger partial charge in [-0.2, -0.15) is 0 Å². The molecule has 1 atom stereocenters. The molecule has 0 bridgehead atoms. The Morgan fingerprint density at radius 1 is 1.58 bits per heavy atom. The summed E-state index contributed by atoms with van der Waals surface area (Å²) >= 11 is 0. The summed E-state index contributed by atoms with van der Waals surface area (Å²) < 4.78 is 1.85. The molecule has 0 aliphatic rings. The maximum Gasteiger partial charge on any atom is 0.140 e. The molecular formula is C9H16N2O. The van der Waals surface area contributed by atoms with Gasteiger partial charge in [0.25, 0.3) is 0 Å². The number of nitrogens with zero attached hydrogens (tertiary/aromatic N) is 2. The fourth-order valence-electron chi connectivity index (χ4n) is 1.11. The van der Waals surface area contributed by atoms with Crippen molar-refractivity contribution in [3.05, 3.63) is 18.2 Å². The molecule has 0 aliphatic carbocycles. The normalized spacial score (nSPS) is 16.5. The summed E-state index contributed by atoms with van der Waals surface area (Å²) in [7, 11) is 1.89. The van der Waals surface area contributed by atoms with Crippen LogP contribution in [0.1, 0.15) is 26.6 Å². The highest BCUT2D eigenvalue weighted by molar-refractivity contribution is 5.03. The Kier molecular flexibility index (Phi) is 2.24. The van der Waals surface area contributed by atoms with E-state index in [2.05, 4.69) is 4.98 Å². The first kappa shape index (κ1) is 9.26. The van der Waals surface area contributed by atoms with Crippen LogP contribution < -0.4 is 0 Å². The van der Waals surface area contributed by atoms with Crippen LogP contribution in [0.25, 0.3) is 0 Å². The molecule has 1 unspecified atom stereocenters. The first-order chi connectivity index (χ1) is 5.46. The third-order valence-corrected chi connectivity index (χ3v) is 2.40. The van der Waals surface area contributed by atoms with Crippen LogP contribution in [-0.2, 0) is 12.6 Å². The minimum atomic E-state index is -0.835. The first-order valence-electron chi connectivity index (χ1n) is 4.16. The molecule has 1 rings (SSSR count). The van der Waals surface area contributed by atoms with Gasteiger partial charge in [0.15, 0.2) is 0 Å². The second kappa shape index (κ2) is 2.90. The van der Waals surface area contributed by atoms with Gasteiger partial charge in [-0.05, 0) is 12.8 Å². The maximum atomic E-state index is 10.0. The van der Waals surface area contributed by atoms with Gasteiger partial charge < -0.3 is 9.67 Å². The molecule has 0 radical (unpaired) electrons. The van der Waals surface area contributed by atoms with E-state index in [-0.39, 0.29) is 5.92 Å². The van der Waals surface area contributed by atoms with Gasteiger partial charge in [0.05, 0.1) is 0 Å². The predicted molar refractivity (Wildman–Crippen MR) is 47.6 cm³/mol. The molecule has 0 fully saturated rings. The highest BCUT2D eigenvalue weighted by Crippen LogP contribution is 2.26. The SMILES string of the molecule is CC(C)C(C)(O)c1nccn1C. The van der Waals surface area contributed by atoms with Crippen molar-refractivity contribution in [3.8, 4) is 0 Å². The quantitative estimate of drug-likeness (QED) is 0.722. The van der Waals surface area contributed by atoms with Crippen LogP contribution in [0, 0.1) is 5.92 Å². The molecule has 1 heterocycles. The molecule has 0 amide bonds. The van der Waals surface area contributed by atoms with E-state index in [1.807, 2.05) is 31.7 Å². The Balaban J connectivity index is 3.05. The van der Waals surface area contributed by atoms with Crippen molar-refractivity contribution in [3.63, 3.8) is 0 Å². The number of imidazole rings is 1. The van der Waals surface area contributed by atoms with Crippen LogP contribution in [0.15, 0.2) is 12.4 Å². The van der Waals surface area contributed by atoms with Crippen LogP contribution in [0.4, 0.5) is 0 Å². The van der Waals surface area contributed by atoms with Gasteiger partial charge >= 0.3 is 0 Å². The fourth-order valence-corrected chi connectivity index (χ4v) is 1.11. The lowest BCUT2D eigenvalue weighted by Gasteiger charge is -2.26. The van der Waals surface area contributed by atoms with E-state index in [0.717, 1.165) is 5.82 Å². The molecular weight excluding hydrogens is 152 g/mol. The number of rotatable bonds is 2. The smallest absolute Gasteiger partial charge is 0.140 e. The minimum absolute atomic E-state index is 0.165. The lowest BCUT2D eigenvalue weighted by molar-refractivity contribution is -0.00199. The van der Waals surface area contributed by atoms with Crippen LogP contribution >= 0.6 is 0 Å². The van der Waals surface area contributed by atoms with Crippen molar-refractivity contribution < 1.29 is 5.11 Å². The van der Waals surface area contributed by atoms with E-state index >= 15 is 0 Å². The Labute approximate surface area is 73.1 Å². The van der Waals surface area contributed by atoms with Crippen LogP contribution in [-0.4, -0.2) is 14.7 Å². The van der Waals surface area contributed by atoms with Crippen molar-refractivity contribution in [2.75, 3.05) is 0 Å². The van der Waals surface area contributed by atoms with Gasteiger partial charge in [0.1, 0.15) is 11.4 Å². The Bertz CT molecular complexity index is 263.